The summed E-state index contributed by atoms with van der Waals surface area (Å²) in [6, 6.07) is 4.20. The van der Waals surface area contributed by atoms with Crippen LogP contribution in [0.3, 0.4) is 0 Å². The van der Waals surface area contributed by atoms with E-state index in [1.165, 1.54) is 12.1 Å². The first kappa shape index (κ1) is 9.37. The Balaban J connectivity index is 2.41. The fourth-order valence-electron chi connectivity index (χ4n) is 1.49. The van der Waals surface area contributed by atoms with Crippen LogP contribution >= 0.6 is 0 Å². The average Bonchev–Trinajstić information content (AvgIpc) is 2.85. The van der Waals surface area contributed by atoms with Gasteiger partial charge in [-0.25, -0.2) is 0 Å². The molecule has 1 fully saturated rings. The number of nitrogen functional groups attached to an aromatic ring is 1. The molecule has 4 heteroatoms. The molecule has 1 saturated carbocycles. The SMILES string of the molecule is Nc1ccc(C2CC2)cc1C(F)(F)F. The molecule has 1 aromatic rings. The van der Waals surface area contributed by atoms with Gasteiger partial charge >= 0.3 is 6.18 Å². The Bertz CT molecular complexity index is 353. The standard InChI is InChI=1S/C10H10F3N/c11-10(12,13)8-5-7(6-1-2-6)3-4-9(8)14/h3-6H,1-2,14H2. The number of hydrogen-bond acceptors (Lipinski definition) is 1. The molecule has 0 aromatic heterocycles. The van der Waals surface area contributed by atoms with E-state index in [1.807, 2.05) is 0 Å². The molecule has 0 unspecified atom stereocenters. The smallest absolute Gasteiger partial charge is 0.398 e. The monoisotopic (exact) mass is 201 g/mol. The first-order valence-electron chi connectivity index (χ1n) is 4.45. The summed E-state index contributed by atoms with van der Waals surface area (Å²) in [4.78, 5) is 0. The number of hydrogen-bond donors (Lipinski definition) is 1. The first-order chi connectivity index (χ1) is 6.48. The summed E-state index contributed by atoms with van der Waals surface area (Å²) in [7, 11) is 0. The van der Waals surface area contributed by atoms with Gasteiger partial charge in [-0.05, 0) is 36.5 Å². The van der Waals surface area contributed by atoms with Crippen LogP contribution in [0.5, 0.6) is 0 Å². The molecule has 1 nitrogen and oxygen atoms in total. The van der Waals surface area contributed by atoms with E-state index < -0.39 is 11.7 Å². The average molecular weight is 201 g/mol. The van der Waals surface area contributed by atoms with Crippen molar-refractivity contribution in [3.8, 4) is 0 Å². The second-order valence-electron chi connectivity index (χ2n) is 3.62. The predicted octanol–water partition coefficient (Wildman–Crippen LogP) is 3.17. The largest absolute Gasteiger partial charge is 0.418 e. The van der Waals surface area contributed by atoms with E-state index in [2.05, 4.69) is 0 Å². The van der Waals surface area contributed by atoms with Crippen molar-refractivity contribution in [2.45, 2.75) is 24.9 Å². The molecule has 1 aromatic carbocycles. The fraction of sp³-hybridized carbons (Fsp3) is 0.400. The summed E-state index contributed by atoms with van der Waals surface area (Å²) in [6.07, 6.45) is -2.36. The Morgan fingerprint density at radius 3 is 2.36 bits per heavy atom. The molecule has 0 saturated heterocycles. The number of halogens is 3. The van der Waals surface area contributed by atoms with E-state index in [9.17, 15) is 13.2 Å². The van der Waals surface area contributed by atoms with Gasteiger partial charge in [-0.1, -0.05) is 6.07 Å². The maximum Gasteiger partial charge on any atom is 0.418 e. The summed E-state index contributed by atoms with van der Waals surface area (Å²) >= 11 is 0. The molecular weight excluding hydrogens is 191 g/mol. The van der Waals surface area contributed by atoms with E-state index in [-0.39, 0.29) is 5.69 Å². The molecular formula is C10H10F3N. The van der Waals surface area contributed by atoms with Gasteiger partial charge in [-0.2, -0.15) is 13.2 Å². The van der Waals surface area contributed by atoms with Crippen molar-refractivity contribution >= 4 is 5.69 Å². The molecule has 0 radical (unpaired) electrons. The van der Waals surface area contributed by atoms with Crippen LogP contribution in [0.1, 0.15) is 29.9 Å². The molecule has 0 heterocycles. The zero-order valence-corrected chi connectivity index (χ0v) is 7.43. The van der Waals surface area contributed by atoms with Gasteiger partial charge in [0.2, 0.25) is 0 Å². The molecule has 0 spiro atoms. The van der Waals surface area contributed by atoms with E-state index >= 15 is 0 Å². The van der Waals surface area contributed by atoms with Gasteiger partial charge in [-0.3, -0.25) is 0 Å². The predicted molar refractivity (Wildman–Crippen MR) is 47.8 cm³/mol. The summed E-state index contributed by atoms with van der Waals surface area (Å²) in [5.41, 5.74) is 5.13. The lowest BCUT2D eigenvalue weighted by molar-refractivity contribution is -0.136. The van der Waals surface area contributed by atoms with E-state index in [0.29, 0.717) is 5.92 Å². The summed E-state index contributed by atoms with van der Waals surface area (Å²) in [5.74, 6) is 0.316. The molecule has 2 rings (SSSR count). The van der Waals surface area contributed by atoms with Crippen LogP contribution in [0.25, 0.3) is 0 Å². The number of anilines is 1. The Labute approximate surface area is 79.7 Å². The van der Waals surface area contributed by atoms with Crippen molar-refractivity contribution < 1.29 is 13.2 Å². The Morgan fingerprint density at radius 2 is 1.86 bits per heavy atom. The van der Waals surface area contributed by atoms with Gasteiger partial charge in [0, 0.05) is 5.69 Å². The highest BCUT2D eigenvalue weighted by atomic mass is 19.4. The van der Waals surface area contributed by atoms with Gasteiger partial charge < -0.3 is 5.73 Å². The second kappa shape index (κ2) is 2.90. The highest BCUT2D eigenvalue weighted by molar-refractivity contribution is 5.51. The van der Waals surface area contributed by atoms with Crippen LogP contribution in [0.4, 0.5) is 18.9 Å². The number of benzene rings is 1. The van der Waals surface area contributed by atoms with E-state index in [1.54, 1.807) is 6.07 Å². The van der Waals surface area contributed by atoms with Crippen LogP contribution in [0, 0.1) is 0 Å². The number of rotatable bonds is 1. The maximum absolute atomic E-state index is 12.4. The summed E-state index contributed by atoms with van der Waals surface area (Å²) in [6.45, 7) is 0. The molecule has 0 bridgehead atoms. The van der Waals surface area contributed by atoms with Crippen molar-refractivity contribution in [1.29, 1.82) is 0 Å². The second-order valence-corrected chi connectivity index (χ2v) is 3.62. The first-order valence-corrected chi connectivity index (χ1v) is 4.45. The quantitative estimate of drug-likeness (QED) is 0.694. The lowest BCUT2D eigenvalue weighted by Gasteiger charge is -2.11. The van der Waals surface area contributed by atoms with Gasteiger partial charge in [0.25, 0.3) is 0 Å². The highest BCUT2D eigenvalue weighted by Gasteiger charge is 2.34. The fourth-order valence-corrected chi connectivity index (χ4v) is 1.49. The Morgan fingerprint density at radius 1 is 1.21 bits per heavy atom. The Hall–Kier alpha value is -1.19. The number of nitrogens with two attached hydrogens (primary N) is 1. The van der Waals surface area contributed by atoms with Crippen molar-refractivity contribution in [2.75, 3.05) is 5.73 Å². The molecule has 2 N–H and O–H groups in total. The topological polar surface area (TPSA) is 26.0 Å². The third-order valence-corrected chi connectivity index (χ3v) is 2.43. The Kier molecular flexibility index (Phi) is 1.94. The van der Waals surface area contributed by atoms with Gasteiger partial charge in [-0.15, -0.1) is 0 Å². The minimum Gasteiger partial charge on any atom is -0.398 e. The van der Waals surface area contributed by atoms with Crippen molar-refractivity contribution in [3.63, 3.8) is 0 Å². The highest BCUT2D eigenvalue weighted by Crippen LogP contribution is 2.43. The lowest BCUT2D eigenvalue weighted by Crippen LogP contribution is -2.09. The molecule has 1 aliphatic carbocycles. The third kappa shape index (κ3) is 1.69. The van der Waals surface area contributed by atoms with Gasteiger partial charge in [0.1, 0.15) is 0 Å². The normalized spacial score (nSPS) is 17.1. The van der Waals surface area contributed by atoms with Gasteiger partial charge in [0.15, 0.2) is 0 Å². The van der Waals surface area contributed by atoms with Crippen molar-refractivity contribution in [1.82, 2.24) is 0 Å². The van der Waals surface area contributed by atoms with Gasteiger partial charge in [0.05, 0.1) is 5.56 Å². The molecule has 0 atom stereocenters. The maximum atomic E-state index is 12.4. The van der Waals surface area contributed by atoms with E-state index in [4.69, 9.17) is 5.73 Å². The van der Waals surface area contributed by atoms with Crippen LogP contribution in [0.15, 0.2) is 18.2 Å². The minimum absolute atomic E-state index is 0.193. The molecule has 1 aliphatic rings. The van der Waals surface area contributed by atoms with E-state index in [0.717, 1.165) is 18.4 Å². The molecule has 14 heavy (non-hydrogen) atoms. The lowest BCUT2D eigenvalue weighted by atomic mass is 10.1. The van der Waals surface area contributed by atoms with Crippen molar-refractivity contribution in [2.24, 2.45) is 0 Å². The molecule has 0 amide bonds. The van der Waals surface area contributed by atoms with Crippen LogP contribution < -0.4 is 5.73 Å². The summed E-state index contributed by atoms with van der Waals surface area (Å²) in [5, 5.41) is 0. The molecule has 0 aliphatic heterocycles. The molecule has 76 valence electrons. The summed E-state index contributed by atoms with van der Waals surface area (Å²) < 4.78 is 37.3. The van der Waals surface area contributed by atoms with Crippen LogP contribution in [0.2, 0.25) is 0 Å². The van der Waals surface area contributed by atoms with Crippen molar-refractivity contribution in [3.05, 3.63) is 29.3 Å². The minimum atomic E-state index is -4.34. The van der Waals surface area contributed by atoms with Crippen LogP contribution in [-0.2, 0) is 6.18 Å². The zero-order chi connectivity index (χ0) is 10.3. The zero-order valence-electron chi connectivity index (χ0n) is 7.43. The third-order valence-electron chi connectivity index (χ3n) is 2.43. The number of alkyl halides is 3. The van der Waals surface area contributed by atoms with Crippen LogP contribution in [-0.4, -0.2) is 0 Å².